The Kier molecular flexibility index (Phi) is 4.23. The molecule has 0 saturated carbocycles. The van der Waals surface area contributed by atoms with Gasteiger partial charge in [-0.15, -0.1) is 11.6 Å². The summed E-state index contributed by atoms with van der Waals surface area (Å²) in [6.07, 6.45) is 0. The van der Waals surface area contributed by atoms with Gasteiger partial charge in [0.25, 0.3) is 0 Å². The minimum Gasteiger partial charge on any atom is -0.324 e. The zero-order valence-corrected chi connectivity index (χ0v) is 10.5. The van der Waals surface area contributed by atoms with Crippen molar-refractivity contribution in [3.8, 4) is 0 Å². The molecular weight excluding hydrogens is 289 g/mol. The number of hydrogen-bond donors (Lipinski definition) is 1. The van der Waals surface area contributed by atoms with Gasteiger partial charge in [0, 0.05) is 4.47 Å². The van der Waals surface area contributed by atoms with Gasteiger partial charge in [0.15, 0.2) is 0 Å². The van der Waals surface area contributed by atoms with Crippen molar-refractivity contribution in [1.82, 2.24) is 0 Å². The Morgan fingerprint density at radius 2 is 2.21 bits per heavy atom. The van der Waals surface area contributed by atoms with Gasteiger partial charge < -0.3 is 5.32 Å². The van der Waals surface area contributed by atoms with Crippen LogP contribution in [-0.4, -0.2) is 11.8 Å². The fraction of sp³-hybridized carbons (Fsp3) is 0.222. The number of amides is 1. The lowest BCUT2D eigenvalue weighted by molar-refractivity contribution is -0.113. The Bertz CT molecular complexity index is 368. The van der Waals surface area contributed by atoms with E-state index in [2.05, 4.69) is 21.2 Å². The normalized spacial score (nSPS) is 10.0. The lowest BCUT2D eigenvalue weighted by Gasteiger charge is -2.07. The molecule has 0 unspecified atom stereocenters. The van der Waals surface area contributed by atoms with Gasteiger partial charge >= 0.3 is 0 Å². The zero-order valence-electron chi connectivity index (χ0n) is 7.40. The van der Waals surface area contributed by atoms with Crippen LogP contribution in [0.4, 0.5) is 5.69 Å². The number of carbonyl (C=O) groups excluding carboxylic acids is 1. The highest BCUT2D eigenvalue weighted by molar-refractivity contribution is 9.10. The van der Waals surface area contributed by atoms with Gasteiger partial charge in [-0.3, -0.25) is 4.79 Å². The first kappa shape index (κ1) is 11.8. The SMILES string of the molecule is Cc1cc(NC(=O)CCl)c(Cl)cc1Br. The molecule has 5 heteroatoms. The smallest absolute Gasteiger partial charge is 0.239 e. The molecule has 1 N–H and O–H groups in total. The van der Waals surface area contributed by atoms with Crippen molar-refractivity contribution < 1.29 is 4.79 Å². The lowest BCUT2D eigenvalue weighted by atomic mass is 10.2. The first-order valence-corrected chi connectivity index (χ1v) is 5.56. The Hall–Kier alpha value is -0.250. The van der Waals surface area contributed by atoms with Gasteiger partial charge in [-0.25, -0.2) is 0 Å². The fourth-order valence-corrected chi connectivity index (χ4v) is 1.69. The van der Waals surface area contributed by atoms with Gasteiger partial charge in [-0.05, 0) is 24.6 Å². The summed E-state index contributed by atoms with van der Waals surface area (Å²) in [5, 5.41) is 3.09. The third kappa shape index (κ3) is 2.87. The average Bonchev–Trinajstić information content (AvgIpc) is 2.14. The number of nitrogens with one attached hydrogen (secondary N) is 1. The molecule has 0 aliphatic rings. The van der Waals surface area contributed by atoms with Crippen molar-refractivity contribution in [2.45, 2.75) is 6.92 Å². The predicted molar refractivity (Wildman–Crippen MR) is 63.2 cm³/mol. The summed E-state index contributed by atoms with van der Waals surface area (Å²) in [6, 6.07) is 3.53. The van der Waals surface area contributed by atoms with Crippen molar-refractivity contribution in [3.05, 3.63) is 27.2 Å². The Morgan fingerprint density at radius 1 is 1.57 bits per heavy atom. The highest BCUT2D eigenvalue weighted by atomic mass is 79.9. The van der Waals surface area contributed by atoms with Gasteiger partial charge in [0.2, 0.25) is 5.91 Å². The first-order chi connectivity index (χ1) is 6.54. The zero-order chi connectivity index (χ0) is 10.7. The molecule has 0 saturated heterocycles. The number of aryl methyl sites for hydroxylation is 1. The highest BCUT2D eigenvalue weighted by Crippen LogP contribution is 2.28. The van der Waals surface area contributed by atoms with E-state index in [1.165, 1.54) is 0 Å². The van der Waals surface area contributed by atoms with Crippen molar-refractivity contribution in [3.63, 3.8) is 0 Å². The lowest BCUT2D eigenvalue weighted by Crippen LogP contribution is -2.12. The van der Waals surface area contributed by atoms with Crippen LogP contribution < -0.4 is 5.32 Å². The van der Waals surface area contributed by atoms with Crippen LogP contribution in [0.1, 0.15) is 5.56 Å². The maximum Gasteiger partial charge on any atom is 0.239 e. The van der Waals surface area contributed by atoms with Crippen LogP contribution in [0, 0.1) is 6.92 Å². The van der Waals surface area contributed by atoms with Crippen LogP contribution in [0.25, 0.3) is 0 Å². The second-order valence-electron chi connectivity index (χ2n) is 2.76. The molecule has 0 radical (unpaired) electrons. The Morgan fingerprint density at radius 3 is 2.79 bits per heavy atom. The van der Waals surface area contributed by atoms with Crippen LogP contribution >= 0.6 is 39.1 Å². The van der Waals surface area contributed by atoms with E-state index in [9.17, 15) is 4.79 Å². The second-order valence-corrected chi connectivity index (χ2v) is 4.29. The molecule has 1 aromatic rings. The summed E-state index contributed by atoms with van der Waals surface area (Å²) in [4.78, 5) is 11.0. The average molecular weight is 297 g/mol. The van der Waals surface area contributed by atoms with Crippen molar-refractivity contribution in [2.24, 2.45) is 0 Å². The van der Waals surface area contributed by atoms with Gasteiger partial charge in [0.1, 0.15) is 5.88 Å². The summed E-state index contributed by atoms with van der Waals surface area (Å²) in [5.74, 6) is -0.346. The molecule has 1 aromatic carbocycles. The minimum atomic E-state index is -0.268. The van der Waals surface area contributed by atoms with Crippen molar-refractivity contribution in [1.29, 1.82) is 0 Å². The van der Waals surface area contributed by atoms with Crippen LogP contribution in [0.15, 0.2) is 16.6 Å². The molecule has 14 heavy (non-hydrogen) atoms. The molecule has 0 aliphatic carbocycles. The number of anilines is 1. The van der Waals surface area contributed by atoms with Crippen LogP contribution in [0.2, 0.25) is 5.02 Å². The van der Waals surface area contributed by atoms with Crippen molar-refractivity contribution in [2.75, 3.05) is 11.2 Å². The summed E-state index contributed by atoms with van der Waals surface area (Å²) in [5.41, 5.74) is 1.58. The van der Waals surface area contributed by atoms with E-state index in [0.29, 0.717) is 10.7 Å². The number of halogens is 3. The summed E-state index contributed by atoms with van der Waals surface area (Å²) >= 11 is 14.6. The first-order valence-electron chi connectivity index (χ1n) is 3.86. The van der Waals surface area contributed by atoms with E-state index in [0.717, 1.165) is 10.0 Å². The number of alkyl halides is 1. The van der Waals surface area contributed by atoms with E-state index in [1.54, 1.807) is 12.1 Å². The predicted octanol–water partition coefficient (Wildman–Crippen LogP) is 3.59. The van der Waals surface area contributed by atoms with Gasteiger partial charge in [0.05, 0.1) is 10.7 Å². The number of hydrogen-bond acceptors (Lipinski definition) is 1. The maximum atomic E-state index is 11.0. The molecular formula is C9H8BrCl2NO. The van der Waals surface area contributed by atoms with Crippen LogP contribution in [-0.2, 0) is 4.79 Å². The Balaban J connectivity index is 2.98. The Labute approximate surface area is 101 Å². The molecule has 2 nitrogen and oxygen atoms in total. The topological polar surface area (TPSA) is 29.1 Å². The molecule has 0 aliphatic heterocycles. The van der Waals surface area contributed by atoms with Crippen molar-refractivity contribution >= 4 is 50.7 Å². The third-order valence-electron chi connectivity index (χ3n) is 1.64. The molecule has 1 rings (SSSR count). The van der Waals surface area contributed by atoms with Crippen LogP contribution in [0.5, 0.6) is 0 Å². The molecule has 0 bridgehead atoms. The number of rotatable bonds is 2. The molecule has 0 heterocycles. The van der Waals surface area contributed by atoms with Crippen LogP contribution in [0.3, 0.4) is 0 Å². The highest BCUT2D eigenvalue weighted by Gasteiger charge is 2.06. The van der Waals surface area contributed by atoms with E-state index >= 15 is 0 Å². The number of benzene rings is 1. The monoisotopic (exact) mass is 295 g/mol. The molecule has 0 fully saturated rings. The summed E-state index contributed by atoms with van der Waals surface area (Å²) < 4.78 is 0.909. The maximum absolute atomic E-state index is 11.0. The molecule has 0 spiro atoms. The molecule has 0 aromatic heterocycles. The van der Waals surface area contributed by atoms with E-state index in [1.807, 2.05) is 6.92 Å². The fourth-order valence-electron chi connectivity index (χ4n) is 0.937. The second kappa shape index (κ2) is 5.01. The quantitative estimate of drug-likeness (QED) is 0.830. The standard InChI is InChI=1S/C9H8BrCl2NO/c1-5-2-8(13-9(14)4-11)7(12)3-6(5)10/h2-3H,4H2,1H3,(H,13,14). The molecule has 76 valence electrons. The summed E-state index contributed by atoms with van der Waals surface area (Å²) in [6.45, 7) is 1.91. The van der Waals surface area contributed by atoms with E-state index in [-0.39, 0.29) is 11.8 Å². The summed E-state index contributed by atoms with van der Waals surface area (Å²) in [7, 11) is 0. The van der Waals surface area contributed by atoms with E-state index in [4.69, 9.17) is 23.2 Å². The third-order valence-corrected chi connectivity index (χ3v) is 3.05. The minimum absolute atomic E-state index is 0.0779. The molecule has 0 atom stereocenters. The molecule has 1 amide bonds. The number of carbonyl (C=O) groups is 1. The van der Waals surface area contributed by atoms with Gasteiger partial charge in [-0.1, -0.05) is 27.5 Å². The largest absolute Gasteiger partial charge is 0.324 e. The van der Waals surface area contributed by atoms with E-state index < -0.39 is 0 Å². The van der Waals surface area contributed by atoms with Gasteiger partial charge in [-0.2, -0.15) is 0 Å².